The minimum Gasteiger partial charge on any atom is -0.459 e. The average Bonchev–Trinajstić information content (AvgIpc) is 3.26. The van der Waals surface area contributed by atoms with Gasteiger partial charge >= 0.3 is 6.18 Å². The lowest BCUT2D eigenvalue weighted by molar-refractivity contribution is -0.137. The summed E-state index contributed by atoms with van der Waals surface area (Å²) in [5, 5.41) is 4.36. The molecule has 34 heavy (non-hydrogen) atoms. The summed E-state index contributed by atoms with van der Waals surface area (Å²) in [6, 6.07) is 14.6. The van der Waals surface area contributed by atoms with Crippen LogP contribution in [0.4, 0.5) is 18.9 Å². The van der Waals surface area contributed by atoms with Gasteiger partial charge in [0.15, 0.2) is 5.11 Å². The molecule has 0 aliphatic carbocycles. The second-order valence-electron chi connectivity index (χ2n) is 8.37. The molecule has 0 amide bonds. The first-order valence-electron chi connectivity index (χ1n) is 11.3. The van der Waals surface area contributed by atoms with E-state index in [0.29, 0.717) is 17.3 Å². The van der Waals surface area contributed by atoms with Gasteiger partial charge in [-0.3, -0.25) is 4.90 Å². The standard InChI is InChI=1S/C25H28F3N3O2S/c1-18(23-16-19-6-2-3-9-22(19)33-23)31(11-5-10-30-12-14-32-15-13-30)24(34)29-21-8-4-7-20(17-21)25(26,27)28/h2-4,6-9,16-18H,5,10-15H2,1H3,(H,29,34). The van der Waals surface area contributed by atoms with Gasteiger partial charge in [0.1, 0.15) is 11.3 Å². The second kappa shape index (κ2) is 10.8. The number of hydrogen-bond donors (Lipinski definition) is 1. The predicted molar refractivity (Wildman–Crippen MR) is 131 cm³/mol. The molecule has 1 unspecified atom stereocenters. The van der Waals surface area contributed by atoms with Crippen LogP contribution < -0.4 is 5.32 Å². The highest BCUT2D eigenvalue weighted by atomic mass is 32.1. The number of ether oxygens (including phenoxy) is 1. The van der Waals surface area contributed by atoms with E-state index >= 15 is 0 Å². The lowest BCUT2D eigenvalue weighted by atomic mass is 10.1. The molecule has 0 saturated carbocycles. The molecule has 1 N–H and O–H groups in total. The number of hydrogen-bond acceptors (Lipinski definition) is 4. The van der Waals surface area contributed by atoms with Gasteiger partial charge in [-0.15, -0.1) is 0 Å². The van der Waals surface area contributed by atoms with Crippen LogP contribution in [-0.4, -0.2) is 54.3 Å². The Labute approximate surface area is 202 Å². The Balaban J connectivity index is 1.51. The largest absolute Gasteiger partial charge is 0.459 e. The van der Waals surface area contributed by atoms with Crippen LogP contribution in [0.3, 0.4) is 0 Å². The quantitative estimate of drug-likeness (QED) is 0.413. The second-order valence-corrected chi connectivity index (χ2v) is 8.76. The number of anilines is 1. The highest BCUT2D eigenvalue weighted by molar-refractivity contribution is 7.80. The fraction of sp³-hybridized carbons (Fsp3) is 0.400. The summed E-state index contributed by atoms with van der Waals surface area (Å²) >= 11 is 5.68. The van der Waals surface area contributed by atoms with Crippen molar-refractivity contribution >= 4 is 34.0 Å². The number of morpholine rings is 1. The van der Waals surface area contributed by atoms with E-state index in [1.54, 1.807) is 6.07 Å². The molecule has 0 radical (unpaired) electrons. The van der Waals surface area contributed by atoms with Gasteiger partial charge in [0.25, 0.3) is 0 Å². The molecule has 1 fully saturated rings. The summed E-state index contributed by atoms with van der Waals surface area (Å²) in [7, 11) is 0. The van der Waals surface area contributed by atoms with Crippen molar-refractivity contribution in [2.75, 3.05) is 44.7 Å². The summed E-state index contributed by atoms with van der Waals surface area (Å²) in [6.45, 7) is 6.76. The zero-order valence-electron chi connectivity index (χ0n) is 19.0. The number of benzene rings is 2. The maximum Gasteiger partial charge on any atom is 0.416 e. The van der Waals surface area contributed by atoms with Gasteiger partial charge in [0.05, 0.1) is 24.8 Å². The van der Waals surface area contributed by atoms with Gasteiger partial charge in [0.2, 0.25) is 0 Å². The lowest BCUT2D eigenvalue weighted by Crippen LogP contribution is -2.41. The number of thiocarbonyl (C=S) groups is 1. The molecule has 182 valence electrons. The Kier molecular flexibility index (Phi) is 7.75. The third kappa shape index (κ3) is 6.08. The molecule has 0 bridgehead atoms. The van der Waals surface area contributed by atoms with Crippen LogP contribution in [0.15, 0.2) is 59.0 Å². The van der Waals surface area contributed by atoms with Gasteiger partial charge in [-0.25, -0.2) is 0 Å². The number of nitrogens with one attached hydrogen (secondary N) is 1. The topological polar surface area (TPSA) is 40.9 Å². The molecule has 1 saturated heterocycles. The molecule has 2 aromatic carbocycles. The van der Waals surface area contributed by atoms with Gasteiger partial charge in [-0.1, -0.05) is 24.3 Å². The summed E-state index contributed by atoms with van der Waals surface area (Å²) in [6.07, 6.45) is -3.58. The number of nitrogens with zero attached hydrogens (tertiary/aromatic N) is 2. The first kappa shape index (κ1) is 24.5. The zero-order chi connectivity index (χ0) is 24.1. The van der Waals surface area contributed by atoms with Gasteiger partial charge in [-0.2, -0.15) is 13.2 Å². The number of alkyl halides is 3. The lowest BCUT2D eigenvalue weighted by Gasteiger charge is -2.32. The van der Waals surface area contributed by atoms with Crippen molar-refractivity contribution in [3.63, 3.8) is 0 Å². The van der Waals surface area contributed by atoms with Crippen molar-refractivity contribution in [3.05, 3.63) is 65.9 Å². The van der Waals surface area contributed by atoms with Crippen molar-refractivity contribution in [3.8, 4) is 0 Å². The fourth-order valence-electron chi connectivity index (χ4n) is 4.09. The summed E-state index contributed by atoms with van der Waals surface area (Å²) in [5.74, 6) is 0.751. The van der Waals surface area contributed by atoms with E-state index in [9.17, 15) is 13.2 Å². The molecule has 2 heterocycles. The van der Waals surface area contributed by atoms with Crippen molar-refractivity contribution < 1.29 is 22.3 Å². The van der Waals surface area contributed by atoms with E-state index in [4.69, 9.17) is 21.4 Å². The highest BCUT2D eigenvalue weighted by Crippen LogP contribution is 2.32. The monoisotopic (exact) mass is 491 g/mol. The fourth-order valence-corrected chi connectivity index (χ4v) is 4.46. The Hall–Kier alpha value is -2.62. The van der Waals surface area contributed by atoms with Crippen molar-refractivity contribution in [2.24, 2.45) is 0 Å². The van der Waals surface area contributed by atoms with Crippen LogP contribution >= 0.6 is 12.2 Å². The van der Waals surface area contributed by atoms with Crippen LogP contribution in [-0.2, 0) is 10.9 Å². The van der Waals surface area contributed by atoms with Crippen LogP contribution in [0.5, 0.6) is 0 Å². The van der Waals surface area contributed by atoms with E-state index in [0.717, 1.165) is 68.1 Å². The van der Waals surface area contributed by atoms with E-state index in [1.807, 2.05) is 42.2 Å². The summed E-state index contributed by atoms with van der Waals surface area (Å²) < 4.78 is 51.0. The van der Waals surface area contributed by atoms with Crippen LogP contribution in [0.2, 0.25) is 0 Å². The van der Waals surface area contributed by atoms with E-state index in [1.165, 1.54) is 6.07 Å². The molecule has 9 heteroatoms. The van der Waals surface area contributed by atoms with Gasteiger partial charge < -0.3 is 19.4 Å². The average molecular weight is 492 g/mol. The molecule has 3 aromatic rings. The smallest absolute Gasteiger partial charge is 0.416 e. The first-order chi connectivity index (χ1) is 16.3. The number of furan rings is 1. The SMILES string of the molecule is CC(c1cc2ccccc2o1)N(CCCN1CCOCC1)C(=S)Nc1cccc(C(F)(F)F)c1. The van der Waals surface area contributed by atoms with Crippen LogP contribution in [0.1, 0.15) is 30.7 Å². The molecule has 1 aliphatic rings. The molecule has 1 aliphatic heterocycles. The highest BCUT2D eigenvalue weighted by Gasteiger charge is 2.30. The summed E-state index contributed by atoms with van der Waals surface area (Å²) in [4.78, 5) is 4.32. The van der Waals surface area contributed by atoms with Gasteiger partial charge in [0, 0.05) is 37.3 Å². The number of para-hydroxylation sites is 1. The third-order valence-corrected chi connectivity index (χ3v) is 6.34. The van der Waals surface area contributed by atoms with Crippen LogP contribution in [0, 0.1) is 0 Å². The Bertz CT molecular complexity index is 1080. The van der Waals surface area contributed by atoms with E-state index < -0.39 is 11.7 Å². The third-order valence-electron chi connectivity index (χ3n) is 6.00. The molecular weight excluding hydrogens is 463 g/mol. The normalized spacial score (nSPS) is 15.9. The van der Waals surface area contributed by atoms with E-state index in [2.05, 4.69) is 10.2 Å². The molecule has 1 atom stereocenters. The first-order valence-corrected chi connectivity index (χ1v) is 11.8. The number of halogens is 3. The van der Waals surface area contributed by atoms with Crippen molar-refractivity contribution in [1.29, 1.82) is 0 Å². The summed E-state index contributed by atoms with van der Waals surface area (Å²) in [5.41, 5.74) is 0.369. The molecule has 5 nitrogen and oxygen atoms in total. The minimum absolute atomic E-state index is 0.206. The molecular formula is C25H28F3N3O2S. The Morgan fingerprint density at radius 2 is 1.88 bits per heavy atom. The zero-order valence-corrected chi connectivity index (χ0v) is 19.8. The van der Waals surface area contributed by atoms with Crippen molar-refractivity contribution in [1.82, 2.24) is 9.80 Å². The molecule has 4 rings (SSSR count). The number of fused-ring (bicyclic) bond motifs is 1. The molecule has 0 spiro atoms. The van der Waals surface area contributed by atoms with Crippen LogP contribution in [0.25, 0.3) is 11.0 Å². The van der Waals surface area contributed by atoms with E-state index in [-0.39, 0.29) is 6.04 Å². The van der Waals surface area contributed by atoms with Gasteiger partial charge in [-0.05, 0) is 55.9 Å². The number of rotatable bonds is 7. The Morgan fingerprint density at radius 1 is 1.12 bits per heavy atom. The predicted octanol–water partition coefficient (Wildman–Crippen LogP) is 5.93. The molecule has 1 aromatic heterocycles. The van der Waals surface area contributed by atoms with Crippen molar-refractivity contribution in [2.45, 2.75) is 25.6 Å². The Morgan fingerprint density at radius 3 is 2.62 bits per heavy atom. The maximum absolute atomic E-state index is 13.2. The maximum atomic E-state index is 13.2. The minimum atomic E-state index is -4.42.